The summed E-state index contributed by atoms with van der Waals surface area (Å²) in [5.41, 5.74) is 3.26. The quantitative estimate of drug-likeness (QED) is 0.822. The van der Waals surface area contributed by atoms with E-state index < -0.39 is 0 Å². The van der Waals surface area contributed by atoms with Crippen LogP contribution in [-0.2, 0) is 6.54 Å². The summed E-state index contributed by atoms with van der Waals surface area (Å²) >= 11 is 0. The summed E-state index contributed by atoms with van der Waals surface area (Å²) in [6, 6.07) is 2.47. The Hall–Kier alpha value is -1.68. The lowest BCUT2D eigenvalue weighted by molar-refractivity contribution is 0.546. The second kappa shape index (κ2) is 5.31. The van der Waals surface area contributed by atoms with Crippen molar-refractivity contribution >= 4 is 11.0 Å². The molecule has 96 valence electrons. The van der Waals surface area contributed by atoms with E-state index in [0.717, 1.165) is 29.7 Å². The lowest BCUT2D eigenvalue weighted by Gasteiger charge is -2.07. The van der Waals surface area contributed by atoms with Crippen molar-refractivity contribution in [2.24, 2.45) is 0 Å². The minimum absolute atomic E-state index is 0.336. The molecule has 18 heavy (non-hydrogen) atoms. The normalized spacial score (nSPS) is 11.3. The number of aromatic nitrogens is 3. The van der Waals surface area contributed by atoms with Crippen LogP contribution in [0.25, 0.3) is 11.0 Å². The maximum atomic E-state index is 4.50. The smallest absolute Gasteiger partial charge is 0.157 e. The van der Waals surface area contributed by atoms with E-state index in [-0.39, 0.29) is 0 Å². The van der Waals surface area contributed by atoms with E-state index in [1.165, 1.54) is 5.56 Å². The third-order valence-electron chi connectivity index (χ3n) is 2.74. The van der Waals surface area contributed by atoms with Crippen LogP contribution < -0.4 is 5.32 Å². The maximum absolute atomic E-state index is 4.50. The van der Waals surface area contributed by atoms with Crippen LogP contribution in [0.2, 0.25) is 0 Å². The van der Waals surface area contributed by atoms with Crippen molar-refractivity contribution in [2.75, 3.05) is 6.54 Å². The van der Waals surface area contributed by atoms with Gasteiger partial charge in [0.15, 0.2) is 5.65 Å². The monoisotopic (exact) mass is 244 g/mol. The lowest BCUT2D eigenvalue weighted by atomic mass is 10.2. The largest absolute Gasteiger partial charge is 0.309 e. The average molecular weight is 244 g/mol. The van der Waals surface area contributed by atoms with E-state index in [4.69, 9.17) is 0 Å². The van der Waals surface area contributed by atoms with Gasteiger partial charge in [0.1, 0.15) is 0 Å². The fourth-order valence-electron chi connectivity index (χ4n) is 1.88. The SMILES string of the molecule is C=C(C)CNCc1cnc2c(cnn2C(C)C)c1. The van der Waals surface area contributed by atoms with E-state index >= 15 is 0 Å². The first kappa shape index (κ1) is 12.8. The molecule has 0 saturated heterocycles. The lowest BCUT2D eigenvalue weighted by Crippen LogP contribution is -2.15. The van der Waals surface area contributed by atoms with E-state index in [1.54, 1.807) is 0 Å². The number of pyridine rings is 1. The molecule has 0 aliphatic rings. The average Bonchev–Trinajstić information content (AvgIpc) is 2.71. The van der Waals surface area contributed by atoms with Crippen molar-refractivity contribution < 1.29 is 0 Å². The topological polar surface area (TPSA) is 42.7 Å². The highest BCUT2D eigenvalue weighted by molar-refractivity contribution is 5.75. The standard InChI is InChI=1S/C14H20N4/c1-10(2)6-15-7-12-5-13-9-17-18(11(3)4)14(13)16-8-12/h5,8-9,11,15H,1,6-7H2,2-4H3. The van der Waals surface area contributed by atoms with Crippen LogP contribution >= 0.6 is 0 Å². The highest BCUT2D eigenvalue weighted by Crippen LogP contribution is 2.16. The molecule has 1 N–H and O–H groups in total. The first-order chi connectivity index (χ1) is 8.58. The molecule has 0 saturated carbocycles. The number of nitrogens with zero attached hydrogens (tertiary/aromatic N) is 3. The molecule has 0 aromatic carbocycles. The van der Waals surface area contributed by atoms with Gasteiger partial charge in [-0.2, -0.15) is 5.10 Å². The molecule has 0 fully saturated rings. The summed E-state index contributed by atoms with van der Waals surface area (Å²) in [5, 5.41) is 8.79. The molecule has 2 rings (SSSR count). The zero-order valence-corrected chi connectivity index (χ0v) is 11.3. The van der Waals surface area contributed by atoms with Crippen LogP contribution in [0.5, 0.6) is 0 Å². The third kappa shape index (κ3) is 2.76. The summed E-state index contributed by atoms with van der Waals surface area (Å²) in [6.07, 6.45) is 3.79. The van der Waals surface area contributed by atoms with Gasteiger partial charge in [0.25, 0.3) is 0 Å². The molecular weight excluding hydrogens is 224 g/mol. The predicted octanol–water partition coefficient (Wildman–Crippen LogP) is 2.68. The Labute approximate surface area is 108 Å². The fraction of sp³-hybridized carbons (Fsp3) is 0.429. The molecule has 0 aliphatic carbocycles. The van der Waals surface area contributed by atoms with Crippen LogP contribution in [0.1, 0.15) is 32.4 Å². The molecule has 0 aliphatic heterocycles. The van der Waals surface area contributed by atoms with Gasteiger partial charge in [0.2, 0.25) is 0 Å². The summed E-state index contributed by atoms with van der Waals surface area (Å²) in [6.45, 7) is 11.7. The Kier molecular flexibility index (Phi) is 3.77. The molecule has 0 radical (unpaired) electrons. The number of hydrogen-bond donors (Lipinski definition) is 1. The van der Waals surface area contributed by atoms with Gasteiger partial charge in [0, 0.05) is 30.7 Å². The maximum Gasteiger partial charge on any atom is 0.157 e. The second-order valence-electron chi connectivity index (χ2n) is 5.00. The Balaban J connectivity index is 2.16. The minimum atomic E-state index is 0.336. The number of fused-ring (bicyclic) bond motifs is 1. The van der Waals surface area contributed by atoms with Crippen molar-refractivity contribution in [3.8, 4) is 0 Å². The van der Waals surface area contributed by atoms with Crippen molar-refractivity contribution in [2.45, 2.75) is 33.4 Å². The number of hydrogen-bond acceptors (Lipinski definition) is 3. The van der Waals surface area contributed by atoms with Gasteiger partial charge < -0.3 is 5.32 Å². The van der Waals surface area contributed by atoms with E-state index in [0.29, 0.717) is 6.04 Å². The molecule has 0 unspecified atom stereocenters. The third-order valence-corrected chi connectivity index (χ3v) is 2.74. The predicted molar refractivity (Wildman–Crippen MR) is 74.4 cm³/mol. The van der Waals surface area contributed by atoms with E-state index in [1.807, 2.05) is 24.0 Å². The van der Waals surface area contributed by atoms with Crippen LogP contribution in [0.3, 0.4) is 0 Å². The zero-order chi connectivity index (χ0) is 13.1. The van der Waals surface area contributed by atoms with Gasteiger partial charge in [-0.15, -0.1) is 0 Å². The van der Waals surface area contributed by atoms with Crippen molar-refractivity contribution in [3.63, 3.8) is 0 Å². The molecule has 0 spiro atoms. The van der Waals surface area contributed by atoms with Gasteiger partial charge in [-0.1, -0.05) is 12.2 Å². The van der Waals surface area contributed by atoms with Gasteiger partial charge in [-0.25, -0.2) is 9.67 Å². The summed E-state index contributed by atoms with van der Waals surface area (Å²) in [7, 11) is 0. The second-order valence-corrected chi connectivity index (χ2v) is 5.00. The van der Waals surface area contributed by atoms with E-state index in [2.05, 4.69) is 41.9 Å². The number of rotatable bonds is 5. The Morgan fingerprint density at radius 2 is 2.22 bits per heavy atom. The molecule has 0 amide bonds. The highest BCUT2D eigenvalue weighted by atomic mass is 15.3. The number of nitrogens with one attached hydrogen (secondary N) is 1. The summed E-state index contributed by atoms with van der Waals surface area (Å²) in [5.74, 6) is 0. The van der Waals surface area contributed by atoms with E-state index in [9.17, 15) is 0 Å². The molecule has 4 heteroatoms. The van der Waals surface area contributed by atoms with Gasteiger partial charge in [-0.3, -0.25) is 0 Å². The first-order valence-corrected chi connectivity index (χ1v) is 6.25. The Bertz CT molecular complexity index is 554. The molecule has 2 aromatic rings. The van der Waals surface area contributed by atoms with Crippen LogP contribution in [-0.4, -0.2) is 21.3 Å². The first-order valence-electron chi connectivity index (χ1n) is 6.25. The van der Waals surface area contributed by atoms with Crippen molar-refractivity contribution in [1.82, 2.24) is 20.1 Å². The molecule has 2 aromatic heterocycles. The Morgan fingerprint density at radius 3 is 2.89 bits per heavy atom. The highest BCUT2D eigenvalue weighted by Gasteiger charge is 2.07. The van der Waals surface area contributed by atoms with Gasteiger partial charge >= 0.3 is 0 Å². The molecule has 2 heterocycles. The summed E-state index contributed by atoms with van der Waals surface area (Å²) < 4.78 is 1.94. The van der Waals surface area contributed by atoms with Crippen LogP contribution in [0.4, 0.5) is 0 Å². The van der Waals surface area contributed by atoms with Gasteiger partial charge in [0.05, 0.1) is 6.20 Å². The molecule has 0 bridgehead atoms. The zero-order valence-electron chi connectivity index (χ0n) is 11.3. The Morgan fingerprint density at radius 1 is 1.44 bits per heavy atom. The van der Waals surface area contributed by atoms with Gasteiger partial charge in [-0.05, 0) is 32.4 Å². The molecule has 0 atom stereocenters. The molecular formula is C14H20N4. The van der Waals surface area contributed by atoms with Crippen LogP contribution in [0.15, 0.2) is 30.6 Å². The fourth-order valence-corrected chi connectivity index (χ4v) is 1.88. The summed E-state index contributed by atoms with van der Waals surface area (Å²) in [4.78, 5) is 4.50. The van der Waals surface area contributed by atoms with Crippen LogP contribution in [0, 0.1) is 0 Å². The molecule has 4 nitrogen and oxygen atoms in total. The van der Waals surface area contributed by atoms with Crippen molar-refractivity contribution in [1.29, 1.82) is 0 Å². The minimum Gasteiger partial charge on any atom is -0.309 e. The van der Waals surface area contributed by atoms with Crippen molar-refractivity contribution in [3.05, 3.63) is 36.2 Å².